The highest BCUT2D eigenvalue weighted by Crippen LogP contribution is 2.56. The summed E-state index contributed by atoms with van der Waals surface area (Å²) in [6.45, 7) is 9.41. The summed E-state index contributed by atoms with van der Waals surface area (Å²) in [6.07, 6.45) is 0. The molecule has 0 aliphatic heterocycles. The van der Waals surface area contributed by atoms with Gasteiger partial charge in [-0.3, -0.25) is 0 Å². The van der Waals surface area contributed by atoms with E-state index in [-0.39, 0.29) is 10.8 Å². The average Bonchev–Trinajstić information content (AvgIpc) is 3.69. The quantitative estimate of drug-likeness (QED) is 0.196. The summed E-state index contributed by atoms with van der Waals surface area (Å²) < 4.78 is 6.73. The second kappa shape index (κ2) is 9.49. The maximum atomic E-state index is 6.73. The highest BCUT2D eigenvalue weighted by molar-refractivity contribution is 6.20. The first kappa shape index (κ1) is 27.5. The third-order valence-corrected chi connectivity index (χ3v) is 11.3. The van der Waals surface area contributed by atoms with Crippen molar-refractivity contribution in [1.29, 1.82) is 0 Å². The highest BCUT2D eigenvalue weighted by Gasteiger charge is 2.39. The summed E-state index contributed by atoms with van der Waals surface area (Å²) in [6, 6.07) is 51.3. The molecule has 1 heterocycles. The molecule has 0 saturated heterocycles. The predicted molar refractivity (Wildman–Crippen MR) is 201 cm³/mol. The van der Waals surface area contributed by atoms with E-state index in [0.29, 0.717) is 0 Å². The molecule has 0 N–H and O–H groups in total. The van der Waals surface area contributed by atoms with Crippen LogP contribution in [0.4, 0.5) is 17.1 Å². The van der Waals surface area contributed by atoms with Gasteiger partial charge >= 0.3 is 0 Å². The molecule has 230 valence electrons. The van der Waals surface area contributed by atoms with E-state index < -0.39 is 0 Å². The Morgan fingerprint density at radius 3 is 1.98 bits per heavy atom. The SMILES string of the molecule is CC1(C)c2ccccc2-c2cc(N(c3cccc4c3-c3ccccc3C4(C)C)c3cccc4ccc5c6ccccc6oc5c34)ccc21. The van der Waals surface area contributed by atoms with Gasteiger partial charge in [-0.2, -0.15) is 0 Å². The first-order chi connectivity index (χ1) is 23.3. The molecule has 2 aliphatic carbocycles. The zero-order chi connectivity index (χ0) is 32.4. The van der Waals surface area contributed by atoms with Gasteiger partial charge in [0.15, 0.2) is 0 Å². The van der Waals surface area contributed by atoms with E-state index >= 15 is 0 Å². The van der Waals surface area contributed by atoms with Gasteiger partial charge in [-0.1, -0.05) is 131 Å². The van der Waals surface area contributed by atoms with Crippen LogP contribution in [-0.4, -0.2) is 0 Å². The lowest BCUT2D eigenvalue weighted by atomic mass is 9.82. The van der Waals surface area contributed by atoms with Crippen LogP contribution in [-0.2, 0) is 10.8 Å². The minimum absolute atomic E-state index is 0.0634. The highest BCUT2D eigenvalue weighted by atomic mass is 16.3. The third kappa shape index (κ3) is 3.52. The number of anilines is 3. The van der Waals surface area contributed by atoms with Crippen molar-refractivity contribution in [1.82, 2.24) is 0 Å². The molecule has 0 radical (unpaired) electrons. The number of nitrogens with zero attached hydrogens (tertiary/aromatic N) is 1. The Morgan fingerprint density at radius 2 is 1.12 bits per heavy atom. The Kier molecular flexibility index (Phi) is 5.44. The van der Waals surface area contributed by atoms with Gasteiger partial charge < -0.3 is 9.32 Å². The molecule has 7 aromatic carbocycles. The Morgan fingerprint density at radius 1 is 0.479 bits per heavy atom. The molecule has 1 aromatic heterocycles. The van der Waals surface area contributed by atoms with Crippen molar-refractivity contribution in [3.8, 4) is 22.3 Å². The van der Waals surface area contributed by atoms with Gasteiger partial charge in [0, 0.05) is 38.2 Å². The number of benzene rings is 7. The van der Waals surface area contributed by atoms with E-state index in [1.165, 1.54) is 50.2 Å². The molecule has 0 saturated carbocycles. The molecule has 2 nitrogen and oxygen atoms in total. The van der Waals surface area contributed by atoms with Crippen LogP contribution in [0.2, 0.25) is 0 Å². The second-order valence-corrected chi connectivity index (χ2v) is 14.5. The normalized spacial score (nSPS) is 15.0. The maximum absolute atomic E-state index is 6.73. The van der Waals surface area contributed by atoms with Gasteiger partial charge in [-0.15, -0.1) is 0 Å². The number of furan rings is 1. The summed E-state index contributed by atoms with van der Waals surface area (Å²) in [7, 11) is 0. The Bertz CT molecular complexity index is 2630. The van der Waals surface area contributed by atoms with Crippen LogP contribution in [0, 0.1) is 0 Å². The van der Waals surface area contributed by atoms with Crippen molar-refractivity contribution in [2.75, 3.05) is 4.90 Å². The Hall–Kier alpha value is -5.60. The van der Waals surface area contributed by atoms with E-state index in [4.69, 9.17) is 4.42 Å². The number of hydrogen-bond donors (Lipinski definition) is 0. The standard InChI is InChI=1S/C46H35NO/c1-45(2)35-17-8-5-14-30(35)34-27-29(24-26-37(34)45)47(40-21-12-19-38-43(40)33-16-6-9-18-36(33)46(38,3)4)39-20-11-13-28-23-25-32-31-15-7-10-22-41(31)48-44(32)42(28)39/h5-27H,1-4H3. The number of fused-ring (bicyclic) bond motifs is 11. The minimum Gasteiger partial charge on any atom is -0.455 e. The smallest absolute Gasteiger partial charge is 0.145 e. The molecule has 0 bridgehead atoms. The van der Waals surface area contributed by atoms with Crippen molar-refractivity contribution in [2.45, 2.75) is 38.5 Å². The zero-order valence-corrected chi connectivity index (χ0v) is 27.6. The molecule has 0 fully saturated rings. The van der Waals surface area contributed by atoms with Crippen molar-refractivity contribution >= 4 is 49.8 Å². The number of para-hydroxylation sites is 1. The largest absolute Gasteiger partial charge is 0.455 e. The van der Waals surface area contributed by atoms with Crippen molar-refractivity contribution in [2.24, 2.45) is 0 Å². The lowest BCUT2D eigenvalue weighted by Crippen LogP contribution is -2.17. The van der Waals surface area contributed by atoms with Gasteiger partial charge in [-0.25, -0.2) is 0 Å². The van der Waals surface area contributed by atoms with E-state index in [1.807, 2.05) is 0 Å². The molecule has 0 atom stereocenters. The van der Waals surface area contributed by atoms with E-state index in [1.54, 1.807) is 0 Å². The molecular formula is C46H35NO. The summed E-state index contributed by atoms with van der Waals surface area (Å²) in [5.74, 6) is 0. The molecule has 0 unspecified atom stereocenters. The molecule has 0 amide bonds. The summed E-state index contributed by atoms with van der Waals surface area (Å²) in [5.41, 5.74) is 15.8. The van der Waals surface area contributed by atoms with Crippen LogP contribution in [0.1, 0.15) is 49.9 Å². The van der Waals surface area contributed by atoms with Gasteiger partial charge in [0.05, 0.1) is 11.4 Å². The van der Waals surface area contributed by atoms with Crippen molar-refractivity contribution in [3.05, 3.63) is 162 Å². The summed E-state index contributed by atoms with van der Waals surface area (Å²) in [4.78, 5) is 2.50. The Labute approximate surface area is 280 Å². The fourth-order valence-corrected chi connectivity index (χ4v) is 8.90. The van der Waals surface area contributed by atoms with Crippen LogP contribution < -0.4 is 4.90 Å². The van der Waals surface area contributed by atoms with Gasteiger partial charge in [0.1, 0.15) is 11.2 Å². The minimum atomic E-state index is -0.112. The van der Waals surface area contributed by atoms with Gasteiger partial charge in [0.25, 0.3) is 0 Å². The molecule has 2 heteroatoms. The lowest BCUT2D eigenvalue weighted by molar-refractivity contribution is 0.660. The van der Waals surface area contributed by atoms with E-state index in [0.717, 1.165) is 44.1 Å². The van der Waals surface area contributed by atoms with E-state index in [9.17, 15) is 0 Å². The first-order valence-electron chi connectivity index (χ1n) is 16.9. The third-order valence-electron chi connectivity index (χ3n) is 11.3. The monoisotopic (exact) mass is 617 g/mol. The zero-order valence-electron chi connectivity index (χ0n) is 27.6. The van der Waals surface area contributed by atoms with Crippen LogP contribution >= 0.6 is 0 Å². The van der Waals surface area contributed by atoms with Crippen molar-refractivity contribution in [3.63, 3.8) is 0 Å². The Balaban J connectivity index is 1.33. The first-order valence-corrected chi connectivity index (χ1v) is 16.9. The number of hydrogen-bond acceptors (Lipinski definition) is 2. The van der Waals surface area contributed by atoms with Gasteiger partial charge in [-0.05, 0) is 80.7 Å². The summed E-state index contributed by atoms with van der Waals surface area (Å²) >= 11 is 0. The van der Waals surface area contributed by atoms with Gasteiger partial charge in [0.2, 0.25) is 0 Å². The molecule has 0 spiro atoms. The van der Waals surface area contributed by atoms with Crippen LogP contribution in [0.25, 0.3) is 55.0 Å². The lowest BCUT2D eigenvalue weighted by Gasteiger charge is -2.30. The second-order valence-electron chi connectivity index (χ2n) is 14.5. The number of rotatable bonds is 3. The molecule has 2 aliphatic rings. The fourth-order valence-electron chi connectivity index (χ4n) is 8.90. The maximum Gasteiger partial charge on any atom is 0.145 e. The topological polar surface area (TPSA) is 16.4 Å². The molecule has 8 aromatic rings. The molecule has 10 rings (SSSR count). The van der Waals surface area contributed by atoms with Crippen LogP contribution in [0.15, 0.2) is 144 Å². The predicted octanol–water partition coefficient (Wildman–Crippen LogP) is 12.8. The van der Waals surface area contributed by atoms with Crippen molar-refractivity contribution < 1.29 is 4.42 Å². The average molecular weight is 618 g/mol. The molecular weight excluding hydrogens is 583 g/mol. The summed E-state index contributed by atoms with van der Waals surface area (Å²) in [5, 5.41) is 4.56. The van der Waals surface area contributed by atoms with Crippen LogP contribution in [0.5, 0.6) is 0 Å². The van der Waals surface area contributed by atoms with E-state index in [2.05, 4.69) is 172 Å². The van der Waals surface area contributed by atoms with Crippen LogP contribution in [0.3, 0.4) is 0 Å². The molecule has 48 heavy (non-hydrogen) atoms. The fraction of sp³-hybridized carbons (Fsp3) is 0.130.